The number of nitriles is 1. The van der Waals surface area contributed by atoms with Gasteiger partial charge in [-0.25, -0.2) is 4.39 Å². The predicted octanol–water partition coefficient (Wildman–Crippen LogP) is 5.40. The summed E-state index contributed by atoms with van der Waals surface area (Å²) in [6.07, 6.45) is 1.48. The number of nitrogens with one attached hydrogen (secondary N) is 1. The lowest BCUT2D eigenvalue weighted by atomic mass is 10.1. The van der Waals surface area contributed by atoms with Gasteiger partial charge in [-0.1, -0.05) is 58.4 Å². The summed E-state index contributed by atoms with van der Waals surface area (Å²) in [5, 5.41) is 12.2. The Balaban J connectivity index is 1.76. The number of methoxy groups -OCH3 is 1. The highest BCUT2D eigenvalue weighted by molar-refractivity contribution is 9.10. The molecular weight excluding hydrogens is 475 g/mol. The van der Waals surface area contributed by atoms with Gasteiger partial charge in [-0.2, -0.15) is 5.26 Å². The van der Waals surface area contributed by atoms with Crippen molar-refractivity contribution in [2.45, 2.75) is 13.2 Å². The van der Waals surface area contributed by atoms with Crippen molar-refractivity contribution in [1.82, 2.24) is 5.32 Å². The van der Waals surface area contributed by atoms with Crippen molar-refractivity contribution in [3.05, 3.63) is 99.3 Å². The Morgan fingerprint density at radius 1 is 1.09 bits per heavy atom. The number of carbonyl (C=O) groups excluding carboxylic acids is 1. The van der Waals surface area contributed by atoms with Gasteiger partial charge in [0.15, 0.2) is 11.5 Å². The van der Waals surface area contributed by atoms with Crippen molar-refractivity contribution in [3.63, 3.8) is 0 Å². The van der Waals surface area contributed by atoms with E-state index in [9.17, 15) is 14.4 Å². The normalized spacial score (nSPS) is 10.9. The number of benzene rings is 3. The van der Waals surface area contributed by atoms with Crippen molar-refractivity contribution in [2.24, 2.45) is 0 Å². The number of carbonyl (C=O) groups is 1. The third-order valence-electron chi connectivity index (χ3n) is 4.53. The van der Waals surface area contributed by atoms with Gasteiger partial charge >= 0.3 is 0 Å². The molecule has 0 unspecified atom stereocenters. The van der Waals surface area contributed by atoms with Gasteiger partial charge in [0.1, 0.15) is 24.1 Å². The van der Waals surface area contributed by atoms with E-state index >= 15 is 0 Å². The van der Waals surface area contributed by atoms with Crippen molar-refractivity contribution >= 4 is 27.9 Å². The van der Waals surface area contributed by atoms with Gasteiger partial charge in [-0.15, -0.1) is 0 Å². The van der Waals surface area contributed by atoms with E-state index in [-0.39, 0.29) is 18.0 Å². The van der Waals surface area contributed by atoms with Crippen LogP contribution in [0.4, 0.5) is 4.39 Å². The van der Waals surface area contributed by atoms with Crippen LogP contribution in [0.25, 0.3) is 6.08 Å². The van der Waals surface area contributed by atoms with E-state index in [0.717, 1.165) is 5.56 Å². The van der Waals surface area contributed by atoms with E-state index in [2.05, 4.69) is 21.2 Å². The number of ether oxygens (including phenoxy) is 2. The molecule has 7 heteroatoms. The molecule has 0 saturated heterocycles. The SMILES string of the molecule is COc1cc(/C=C(/C#N)C(=O)NCc2ccccc2)c(Br)cc1OCc1cccc(F)c1. The van der Waals surface area contributed by atoms with Gasteiger partial charge in [0.05, 0.1) is 7.11 Å². The third kappa shape index (κ3) is 6.19. The summed E-state index contributed by atoms with van der Waals surface area (Å²) in [5.74, 6) is 0.0358. The molecule has 5 nitrogen and oxygen atoms in total. The summed E-state index contributed by atoms with van der Waals surface area (Å²) in [4.78, 5) is 12.5. The second-order valence-corrected chi connectivity index (χ2v) is 7.64. The van der Waals surface area contributed by atoms with Crippen LogP contribution in [0, 0.1) is 17.1 Å². The first-order chi connectivity index (χ1) is 15.5. The number of amides is 1. The number of nitrogens with zero attached hydrogens (tertiary/aromatic N) is 1. The second kappa shape index (κ2) is 11.1. The van der Waals surface area contributed by atoms with Gasteiger partial charge in [-0.05, 0) is 47.0 Å². The van der Waals surface area contributed by atoms with E-state index in [1.165, 1.54) is 25.3 Å². The van der Waals surface area contributed by atoms with Crippen LogP contribution in [0.15, 0.2) is 76.8 Å². The average Bonchev–Trinajstić information content (AvgIpc) is 2.81. The zero-order chi connectivity index (χ0) is 22.9. The number of halogens is 2. The molecule has 0 radical (unpaired) electrons. The zero-order valence-electron chi connectivity index (χ0n) is 17.3. The third-order valence-corrected chi connectivity index (χ3v) is 5.21. The highest BCUT2D eigenvalue weighted by Gasteiger charge is 2.14. The maximum absolute atomic E-state index is 13.4. The summed E-state index contributed by atoms with van der Waals surface area (Å²) in [6.45, 7) is 0.469. The summed E-state index contributed by atoms with van der Waals surface area (Å²) in [7, 11) is 1.49. The first-order valence-electron chi connectivity index (χ1n) is 9.69. The van der Waals surface area contributed by atoms with Crippen molar-refractivity contribution < 1.29 is 18.7 Å². The Labute approximate surface area is 194 Å². The largest absolute Gasteiger partial charge is 0.493 e. The van der Waals surface area contributed by atoms with Crippen molar-refractivity contribution in [2.75, 3.05) is 7.11 Å². The summed E-state index contributed by atoms with van der Waals surface area (Å²) in [6, 6.07) is 20.8. The molecule has 0 saturated carbocycles. The Bertz CT molecular complexity index is 1170. The van der Waals surface area contributed by atoms with E-state index in [0.29, 0.717) is 33.6 Å². The van der Waals surface area contributed by atoms with E-state index in [1.807, 2.05) is 36.4 Å². The molecule has 32 heavy (non-hydrogen) atoms. The monoisotopic (exact) mass is 494 g/mol. The van der Waals surface area contributed by atoms with Gasteiger partial charge < -0.3 is 14.8 Å². The topological polar surface area (TPSA) is 71.3 Å². The molecule has 0 aliphatic carbocycles. The molecule has 3 aromatic carbocycles. The Morgan fingerprint density at radius 3 is 2.53 bits per heavy atom. The molecule has 1 amide bonds. The van der Waals surface area contributed by atoms with Crippen LogP contribution in [0.5, 0.6) is 11.5 Å². The van der Waals surface area contributed by atoms with Crippen LogP contribution >= 0.6 is 15.9 Å². The van der Waals surface area contributed by atoms with Crippen LogP contribution < -0.4 is 14.8 Å². The molecule has 162 valence electrons. The summed E-state index contributed by atoms with van der Waals surface area (Å²) < 4.78 is 25.2. The van der Waals surface area contributed by atoms with Crippen LogP contribution in [0.1, 0.15) is 16.7 Å². The van der Waals surface area contributed by atoms with Crippen LogP contribution in [-0.2, 0) is 17.9 Å². The maximum Gasteiger partial charge on any atom is 0.262 e. The molecule has 0 heterocycles. The lowest BCUT2D eigenvalue weighted by Crippen LogP contribution is -2.23. The first kappa shape index (κ1) is 23.0. The van der Waals surface area contributed by atoms with Crippen LogP contribution in [-0.4, -0.2) is 13.0 Å². The van der Waals surface area contributed by atoms with Gasteiger partial charge in [-0.3, -0.25) is 4.79 Å². The fraction of sp³-hybridized carbons (Fsp3) is 0.120. The fourth-order valence-corrected chi connectivity index (χ4v) is 3.34. The molecule has 3 aromatic rings. The minimum absolute atomic E-state index is 0.0443. The van der Waals surface area contributed by atoms with E-state index in [4.69, 9.17) is 9.47 Å². The molecule has 0 atom stereocenters. The number of rotatable bonds is 8. The summed E-state index contributed by atoms with van der Waals surface area (Å²) >= 11 is 3.45. The average molecular weight is 495 g/mol. The Kier molecular flexibility index (Phi) is 8.01. The van der Waals surface area contributed by atoms with Gasteiger partial charge in [0, 0.05) is 11.0 Å². The zero-order valence-corrected chi connectivity index (χ0v) is 18.9. The van der Waals surface area contributed by atoms with E-state index in [1.54, 1.807) is 24.3 Å². The predicted molar refractivity (Wildman–Crippen MR) is 123 cm³/mol. The summed E-state index contributed by atoms with van der Waals surface area (Å²) in [5.41, 5.74) is 2.14. The van der Waals surface area contributed by atoms with Gasteiger partial charge in [0.25, 0.3) is 5.91 Å². The molecule has 1 N–H and O–H groups in total. The molecule has 0 aliphatic rings. The van der Waals surface area contributed by atoms with Gasteiger partial charge in [0.2, 0.25) is 0 Å². The molecule has 0 aliphatic heterocycles. The number of hydrogen-bond acceptors (Lipinski definition) is 4. The smallest absolute Gasteiger partial charge is 0.262 e. The van der Waals surface area contributed by atoms with E-state index < -0.39 is 5.91 Å². The standard InChI is InChI=1S/C25H20BrFN2O3/c1-31-23-12-19(11-20(14-28)25(30)29-15-17-6-3-2-4-7-17)22(26)13-24(23)32-16-18-8-5-9-21(27)10-18/h2-13H,15-16H2,1H3,(H,29,30)/b20-11-. The first-order valence-corrected chi connectivity index (χ1v) is 10.5. The molecular formula is C25H20BrFN2O3. The van der Waals surface area contributed by atoms with Crippen LogP contribution in [0.3, 0.4) is 0 Å². The lowest BCUT2D eigenvalue weighted by molar-refractivity contribution is -0.117. The van der Waals surface area contributed by atoms with Crippen LogP contribution in [0.2, 0.25) is 0 Å². The fourth-order valence-electron chi connectivity index (χ4n) is 2.90. The Hall–Kier alpha value is -3.63. The second-order valence-electron chi connectivity index (χ2n) is 6.78. The van der Waals surface area contributed by atoms with Crippen molar-refractivity contribution in [1.29, 1.82) is 5.26 Å². The maximum atomic E-state index is 13.4. The highest BCUT2D eigenvalue weighted by Crippen LogP contribution is 2.35. The molecule has 0 spiro atoms. The molecule has 0 fully saturated rings. The minimum Gasteiger partial charge on any atom is -0.493 e. The molecule has 0 aromatic heterocycles. The molecule has 0 bridgehead atoms. The molecule has 3 rings (SSSR count). The lowest BCUT2D eigenvalue weighted by Gasteiger charge is -2.13. The quantitative estimate of drug-likeness (QED) is 0.336. The minimum atomic E-state index is -0.478. The highest BCUT2D eigenvalue weighted by atomic mass is 79.9. The number of hydrogen-bond donors (Lipinski definition) is 1. The van der Waals surface area contributed by atoms with Crippen molar-refractivity contribution in [3.8, 4) is 17.6 Å². The Morgan fingerprint density at radius 2 is 1.84 bits per heavy atom.